The summed E-state index contributed by atoms with van der Waals surface area (Å²) in [6.07, 6.45) is 0.722. The third kappa shape index (κ3) is 8.00. The molecule has 0 saturated heterocycles. The Morgan fingerprint density at radius 1 is 0.927 bits per heavy atom. The monoisotopic (exact) mass is 581 g/mol. The van der Waals surface area contributed by atoms with Gasteiger partial charge in [0.1, 0.15) is 24.1 Å². The molecule has 10 heteroatoms. The number of hydrogen-bond acceptors (Lipinski definition) is 6. The lowest BCUT2D eigenvalue weighted by atomic mass is 10.1. The van der Waals surface area contributed by atoms with E-state index in [1.165, 1.54) is 17.0 Å². The van der Waals surface area contributed by atoms with Gasteiger partial charge in [-0.3, -0.25) is 13.9 Å². The Balaban J connectivity index is 2.07. The van der Waals surface area contributed by atoms with E-state index in [0.29, 0.717) is 18.1 Å². The van der Waals surface area contributed by atoms with Crippen molar-refractivity contribution < 1.29 is 27.5 Å². The number of hydrogen-bond donors (Lipinski definition) is 1. The predicted molar refractivity (Wildman–Crippen MR) is 159 cm³/mol. The molecule has 2 atom stereocenters. The van der Waals surface area contributed by atoms with Gasteiger partial charge in [-0.25, -0.2) is 8.42 Å². The minimum absolute atomic E-state index is 0.0287. The molecule has 2 amide bonds. The number of nitrogens with zero attached hydrogens (tertiary/aromatic N) is 2. The van der Waals surface area contributed by atoms with Gasteiger partial charge in [0, 0.05) is 12.6 Å². The van der Waals surface area contributed by atoms with Gasteiger partial charge < -0.3 is 19.7 Å². The fourth-order valence-corrected chi connectivity index (χ4v) is 5.64. The molecular weight excluding hydrogens is 542 g/mol. The van der Waals surface area contributed by atoms with Crippen LogP contribution in [0.1, 0.15) is 39.7 Å². The summed E-state index contributed by atoms with van der Waals surface area (Å²) in [4.78, 5) is 28.7. The Hall–Kier alpha value is -4.05. The van der Waals surface area contributed by atoms with Crippen LogP contribution in [-0.2, 0) is 26.2 Å². The summed E-state index contributed by atoms with van der Waals surface area (Å²) in [6, 6.07) is 20.8. The zero-order valence-corrected chi connectivity index (χ0v) is 25.1. The Kier molecular flexibility index (Phi) is 11.2. The highest BCUT2D eigenvalue weighted by molar-refractivity contribution is 7.92. The number of benzene rings is 3. The first kappa shape index (κ1) is 31.5. The van der Waals surface area contributed by atoms with E-state index in [1.807, 2.05) is 19.9 Å². The van der Waals surface area contributed by atoms with Crippen LogP contribution in [0.5, 0.6) is 11.5 Å². The second kappa shape index (κ2) is 14.5. The van der Waals surface area contributed by atoms with E-state index in [0.717, 1.165) is 16.3 Å². The summed E-state index contributed by atoms with van der Waals surface area (Å²) >= 11 is 0. The molecule has 0 aliphatic heterocycles. The van der Waals surface area contributed by atoms with Crippen molar-refractivity contribution in [1.82, 2.24) is 10.2 Å². The largest absolute Gasteiger partial charge is 0.497 e. The highest BCUT2D eigenvalue weighted by atomic mass is 32.2. The van der Waals surface area contributed by atoms with Crippen molar-refractivity contribution in [2.75, 3.05) is 24.6 Å². The highest BCUT2D eigenvalue weighted by Crippen LogP contribution is 2.33. The summed E-state index contributed by atoms with van der Waals surface area (Å²) in [5.41, 5.74) is 0.956. The van der Waals surface area contributed by atoms with Crippen molar-refractivity contribution in [2.24, 2.45) is 0 Å². The second-order valence-electron chi connectivity index (χ2n) is 9.59. The summed E-state index contributed by atoms with van der Waals surface area (Å²) in [5, 5.41) is 2.93. The maximum Gasteiger partial charge on any atom is 0.264 e. The van der Waals surface area contributed by atoms with Crippen LogP contribution in [-0.4, -0.2) is 57.5 Å². The molecule has 0 bridgehead atoms. The molecule has 0 aliphatic carbocycles. The number of amides is 2. The molecule has 0 fully saturated rings. The first-order valence-corrected chi connectivity index (χ1v) is 15.1. The summed E-state index contributed by atoms with van der Waals surface area (Å²) in [5.74, 6) is 0.0444. The maximum atomic E-state index is 14.1. The molecule has 9 nitrogen and oxygen atoms in total. The predicted octanol–water partition coefficient (Wildman–Crippen LogP) is 4.62. The van der Waals surface area contributed by atoms with Gasteiger partial charge in [0.15, 0.2) is 0 Å². The van der Waals surface area contributed by atoms with Gasteiger partial charge in [0.2, 0.25) is 11.8 Å². The first-order chi connectivity index (χ1) is 19.6. The topological polar surface area (TPSA) is 105 Å². The number of methoxy groups -OCH3 is 1. The number of anilines is 1. The van der Waals surface area contributed by atoms with E-state index in [-0.39, 0.29) is 29.1 Å². The van der Waals surface area contributed by atoms with Crippen LogP contribution in [0.4, 0.5) is 5.69 Å². The number of carbonyl (C=O) groups excluding carboxylic acids is 2. The van der Waals surface area contributed by atoms with Crippen molar-refractivity contribution in [2.45, 2.75) is 57.6 Å². The molecule has 1 N–H and O–H groups in total. The lowest BCUT2D eigenvalue weighted by Gasteiger charge is -2.33. The number of sulfonamides is 1. The van der Waals surface area contributed by atoms with Crippen LogP contribution >= 0.6 is 0 Å². The Bertz CT molecular complexity index is 1410. The molecule has 0 heterocycles. The zero-order chi connectivity index (χ0) is 30.0. The van der Waals surface area contributed by atoms with Gasteiger partial charge in [-0.05, 0) is 69.2 Å². The van der Waals surface area contributed by atoms with Gasteiger partial charge in [-0.15, -0.1) is 0 Å². The third-order valence-electron chi connectivity index (χ3n) is 6.70. The molecule has 3 aromatic carbocycles. The summed E-state index contributed by atoms with van der Waals surface area (Å²) in [7, 11) is -2.64. The van der Waals surface area contributed by atoms with Gasteiger partial charge in [-0.2, -0.15) is 0 Å². The fourth-order valence-electron chi connectivity index (χ4n) is 4.19. The first-order valence-electron chi connectivity index (χ1n) is 13.6. The van der Waals surface area contributed by atoms with Crippen molar-refractivity contribution >= 4 is 27.5 Å². The van der Waals surface area contributed by atoms with Gasteiger partial charge in [0.25, 0.3) is 10.0 Å². The average molecular weight is 582 g/mol. The zero-order valence-electron chi connectivity index (χ0n) is 24.2. The Morgan fingerprint density at radius 2 is 1.61 bits per heavy atom. The van der Waals surface area contributed by atoms with Crippen LogP contribution in [0.3, 0.4) is 0 Å². The SMILES string of the molecule is CCOc1ccccc1N(CC(=O)N(Cc1cccc(OC)c1)[C@@H](C)C(=O)N[C@@H](C)CC)S(=O)(=O)c1ccccc1. The molecule has 0 spiro atoms. The second-order valence-corrected chi connectivity index (χ2v) is 11.5. The molecule has 0 unspecified atom stereocenters. The van der Waals surface area contributed by atoms with Crippen LogP contribution < -0.4 is 19.1 Å². The van der Waals surface area contributed by atoms with E-state index in [4.69, 9.17) is 9.47 Å². The highest BCUT2D eigenvalue weighted by Gasteiger charge is 2.34. The Morgan fingerprint density at radius 3 is 2.27 bits per heavy atom. The quantitative estimate of drug-likeness (QED) is 0.298. The molecule has 0 saturated carbocycles. The lowest BCUT2D eigenvalue weighted by Crippen LogP contribution is -2.52. The molecule has 0 aromatic heterocycles. The lowest BCUT2D eigenvalue weighted by molar-refractivity contribution is -0.139. The van der Waals surface area contributed by atoms with Crippen LogP contribution in [0, 0.1) is 0 Å². The third-order valence-corrected chi connectivity index (χ3v) is 8.47. The fraction of sp³-hybridized carbons (Fsp3) is 0.355. The molecule has 0 radical (unpaired) electrons. The van der Waals surface area contributed by atoms with Crippen molar-refractivity contribution in [1.29, 1.82) is 0 Å². The minimum atomic E-state index is -4.19. The maximum absolute atomic E-state index is 14.1. The van der Waals surface area contributed by atoms with E-state index >= 15 is 0 Å². The van der Waals surface area contributed by atoms with Crippen molar-refractivity contribution in [3.63, 3.8) is 0 Å². The van der Waals surface area contributed by atoms with Gasteiger partial charge in [-0.1, -0.05) is 49.4 Å². The van der Waals surface area contributed by atoms with Crippen molar-refractivity contribution in [3.05, 3.63) is 84.4 Å². The number of ether oxygens (including phenoxy) is 2. The average Bonchev–Trinajstić information content (AvgIpc) is 2.99. The van der Waals surface area contributed by atoms with Gasteiger partial charge in [0.05, 0.1) is 24.3 Å². The van der Waals surface area contributed by atoms with E-state index < -0.39 is 28.5 Å². The Labute approximate surface area is 243 Å². The van der Waals surface area contributed by atoms with E-state index in [2.05, 4.69) is 5.32 Å². The van der Waals surface area contributed by atoms with Crippen LogP contribution in [0.2, 0.25) is 0 Å². The molecule has 3 rings (SSSR count). The molecule has 3 aromatic rings. The normalized spacial score (nSPS) is 12.6. The summed E-state index contributed by atoms with van der Waals surface area (Å²) in [6.45, 7) is 7.10. The van der Waals surface area contributed by atoms with E-state index in [1.54, 1.807) is 81.6 Å². The van der Waals surface area contributed by atoms with Crippen molar-refractivity contribution in [3.8, 4) is 11.5 Å². The van der Waals surface area contributed by atoms with Gasteiger partial charge >= 0.3 is 0 Å². The summed E-state index contributed by atoms with van der Waals surface area (Å²) < 4.78 is 40.1. The number of para-hydroxylation sites is 2. The molecule has 0 aliphatic rings. The van der Waals surface area contributed by atoms with Crippen LogP contribution in [0.15, 0.2) is 83.8 Å². The number of nitrogens with one attached hydrogen (secondary N) is 1. The minimum Gasteiger partial charge on any atom is -0.497 e. The van der Waals surface area contributed by atoms with E-state index in [9.17, 15) is 18.0 Å². The molecule has 220 valence electrons. The standard InChI is InChI=1S/C31H39N3O6S/c1-6-23(3)32-31(36)24(4)33(21-25-14-13-15-26(20-25)39-5)30(35)22-34(28-18-11-12-19-29(28)40-7-2)41(37,38)27-16-9-8-10-17-27/h8-20,23-24H,6-7,21-22H2,1-5H3,(H,32,36)/t23-,24-/m0/s1. The smallest absolute Gasteiger partial charge is 0.264 e. The molecular formula is C31H39N3O6S. The number of carbonyl (C=O) groups is 2. The number of rotatable bonds is 14. The van der Waals surface area contributed by atoms with Crippen LogP contribution in [0.25, 0.3) is 0 Å². The molecule has 41 heavy (non-hydrogen) atoms.